The van der Waals surface area contributed by atoms with Crippen molar-refractivity contribution in [1.29, 1.82) is 0 Å². The van der Waals surface area contributed by atoms with E-state index < -0.39 is 0 Å². The summed E-state index contributed by atoms with van der Waals surface area (Å²) in [5.74, 6) is 3.36. The molecule has 5 atom stereocenters. The molecule has 226 valence electrons. The Labute approximate surface area is 254 Å². The predicted molar refractivity (Wildman–Crippen MR) is 184 cm³/mol. The van der Waals surface area contributed by atoms with E-state index in [2.05, 4.69) is 136 Å². The minimum atomic E-state index is 0.552. The second kappa shape index (κ2) is 17.4. The van der Waals surface area contributed by atoms with Crippen LogP contribution in [0, 0.1) is 30.6 Å². The molecule has 0 fully saturated rings. The molecule has 0 saturated heterocycles. The molecule has 1 aliphatic heterocycles. The second-order valence-electron chi connectivity index (χ2n) is 13.3. The van der Waals surface area contributed by atoms with Gasteiger partial charge >= 0.3 is 0 Å². The summed E-state index contributed by atoms with van der Waals surface area (Å²) in [6, 6.07) is 9.26. The topological polar surface area (TPSA) is 12.0 Å². The molecule has 5 unspecified atom stereocenters. The third-order valence-electron chi connectivity index (χ3n) is 9.12. The van der Waals surface area contributed by atoms with Crippen LogP contribution in [-0.4, -0.2) is 6.04 Å². The molecule has 1 aromatic rings. The molecule has 4 rings (SSSR count). The van der Waals surface area contributed by atoms with Crippen LogP contribution < -0.4 is 5.32 Å². The zero-order valence-corrected chi connectivity index (χ0v) is 28.0. The summed E-state index contributed by atoms with van der Waals surface area (Å²) in [5, 5.41) is 3.50. The average molecular weight is 556 g/mol. The van der Waals surface area contributed by atoms with Gasteiger partial charge < -0.3 is 5.32 Å². The van der Waals surface area contributed by atoms with Gasteiger partial charge in [-0.15, -0.1) is 0 Å². The number of aryl methyl sites for hydroxylation is 1. The van der Waals surface area contributed by atoms with E-state index in [0.717, 1.165) is 5.92 Å². The van der Waals surface area contributed by atoms with Crippen LogP contribution in [0.5, 0.6) is 0 Å². The van der Waals surface area contributed by atoms with Crippen molar-refractivity contribution in [1.82, 2.24) is 5.32 Å². The molecule has 0 saturated carbocycles. The van der Waals surface area contributed by atoms with Gasteiger partial charge in [-0.05, 0) is 111 Å². The zero-order chi connectivity index (χ0) is 30.5. The fraction of sp³-hybridized carbons (Fsp3) is 0.550. The lowest BCUT2D eigenvalue weighted by atomic mass is 9.76. The van der Waals surface area contributed by atoms with E-state index in [1.54, 1.807) is 16.7 Å². The first-order valence-electron chi connectivity index (χ1n) is 16.3. The van der Waals surface area contributed by atoms with Crippen LogP contribution >= 0.6 is 0 Å². The van der Waals surface area contributed by atoms with E-state index >= 15 is 0 Å². The first-order chi connectivity index (χ1) is 19.4. The Morgan fingerprint density at radius 2 is 1.49 bits per heavy atom. The lowest BCUT2D eigenvalue weighted by Crippen LogP contribution is -2.32. The smallest absolute Gasteiger partial charge is 0.0507 e. The summed E-state index contributed by atoms with van der Waals surface area (Å²) >= 11 is 0. The van der Waals surface area contributed by atoms with Crippen molar-refractivity contribution >= 4 is 0 Å². The first-order valence-corrected chi connectivity index (χ1v) is 16.3. The highest BCUT2D eigenvalue weighted by Gasteiger charge is 2.34. The van der Waals surface area contributed by atoms with Crippen LogP contribution in [0.4, 0.5) is 0 Å². The maximum atomic E-state index is 4.06. The average Bonchev–Trinajstić information content (AvgIpc) is 3.34. The standard InChI is InChI=1S/C15H23N.C15H24.C10H14/c1-10(2)12(4)8-13-9-16-14-7-5-6-11(3)15(13)14;1-5-8-14-9-6-7-10-15(14)11-13(4)12(2)3;1-8(2)10-6-4-9(3)5-7-10/h5,7,9,11-12,14-16H,1,6,8H2,2-4H3;9-10,13H,2,5-8,11H2,1,3-4H3;4-8H,1-3H3. The highest BCUT2D eigenvalue weighted by molar-refractivity contribution is 5.34. The highest BCUT2D eigenvalue weighted by Crippen LogP contribution is 2.38. The van der Waals surface area contributed by atoms with Gasteiger partial charge in [0, 0.05) is 5.92 Å². The highest BCUT2D eigenvalue weighted by atomic mass is 14.9. The van der Waals surface area contributed by atoms with Gasteiger partial charge in [0.25, 0.3) is 0 Å². The molecule has 0 aromatic heterocycles. The number of nitrogens with one attached hydrogen (secondary N) is 1. The fourth-order valence-corrected chi connectivity index (χ4v) is 5.82. The summed E-state index contributed by atoms with van der Waals surface area (Å²) in [6.45, 7) is 28.1. The number of rotatable bonds is 9. The van der Waals surface area contributed by atoms with Crippen molar-refractivity contribution in [3.8, 4) is 0 Å². The summed E-state index contributed by atoms with van der Waals surface area (Å²) in [6.07, 6.45) is 20.3. The van der Waals surface area contributed by atoms with Gasteiger partial charge in [0.05, 0.1) is 6.04 Å². The molecule has 1 heteroatoms. The molecule has 1 nitrogen and oxygen atoms in total. The maximum Gasteiger partial charge on any atom is 0.0507 e. The van der Waals surface area contributed by atoms with Crippen LogP contribution in [-0.2, 0) is 0 Å². The van der Waals surface area contributed by atoms with Crippen molar-refractivity contribution in [2.75, 3.05) is 0 Å². The molecular formula is C40H61N. The van der Waals surface area contributed by atoms with Gasteiger partial charge in [0.2, 0.25) is 0 Å². The zero-order valence-electron chi connectivity index (χ0n) is 28.0. The lowest BCUT2D eigenvalue weighted by molar-refractivity contribution is 0.354. The summed E-state index contributed by atoms with van der Waals surface area (Å²) < 4.78 is 0. The summed E-state index contributed by atoms with van der Waals surface area (Å²) in [7, 11) is 0. The SMILES string of the molecule is C=C(C)C(C)CC1=CCCC=C1CCC.C=C(C)C(C)CC1=CNC2C=CCC(C)C12.Cc1ccc(C(C)C)cc1. The Bertz CT molecular complexity index is 1090. The quantitative estimate of drug-likeness (QED) is 0.299. The number of allylic oxidation sites excluding steroid dienone is 7. The van der Waals surface area contributed by atoms with Crippen molar-refractivity contribution in [2.24, 2.45) is 23.7 Å². The summed E-state index contributed by atoms with van der Waals surface area (Å²) in [4.78, 5) is 0. The van der Waals surface area contributed by atoms with Gasteiger partial charge in [0.1, 0.15) is 0 Å². The minimum Gasteiger partial charge on any atom is -0.384 e. The van der Waals surface area contributed by atoms with Gasteiger partial charge in [-0.3, -0.25) is 0 Å². The van der Waals surface area contributed by atoms with Crippen LogP contribution in [0.2, 0.25) is 0 Å². The van der Waals surface area contributed by atoms with Crippen molar-refractivity contribution in [2.45, 2.75) is 119 Å². The molecule has 1 N–H and O–H groups in total. The van der Waals surface area contributed by atoms with E-state index in [4.69, 9.17) is 0 Å². The molecule has 1 aromatic carbocycles. The van der Waals surface area contributed by atoms with E-state index in [9.17, 15) is 0 Å². The number of benzene rings is 1. The Hall–Kier alpha value is -2.54. The van der Waals surface area contributed by atoms with Gasteiger partial charge in [-0.1, -0.05) is 126 Å². The molecule has 0 amide bonds. The monoisotopic (exact) mass is 555 g/mol. The van der Waals surface area contributed by atoms with Crippen LogP contribution in [0.15, 0.2) is 95.8 Å². The first kappa shape index (κ1) is 34.7. The molecule has 1 heterocycles. The van der Waals surface area contributed by atoms with E-state index in [1.165, 1.54) is 67.2 Å². The molecule has 2 aliphatic carbocycles. The molecule has 0 bridgehead atoms. The number of fused-ring (bicyclic) bond motifs is 1. The lowest BCUT2D eigenvalue weighted by Gasteiger charge is -2.30. The number of hydrogen-bond donors (Lipinski definition) is 1. The molecular weight excluding hydrogens is 494 g/mol. The summed E-state index contributed by atoms with van der Waals surface area (Å²) in [5.41, 5.74) is 10.1. The Morgan fingerprint density at radius 1 is 0.902 bits per heavy atom. The van der Waals surface area contributed by atoms with Gasteiger partial charge in [-0.25, -0.2) is 0 Å². The number of hydrogen-bond acceptors (Lipinski definition) is 1. The van der Waals surface area contributed by atoms with Crippen molar-refractivity contribution in [3.63, 3.8) is 0 Å². The Balaban J connectivity index is 0.000000221. The molecule has 0 spiro atoms. The van der Waals surface area contributed by atoms with E-state index in [-0.39, 0.29) is 0 Å². The van der Waals surface area contributed by atoms with Gasteiger partial charge in [0.15, 0.2) is 0 Å². The Morgan fingerprint density at radius 3 is 2.05 bits per heavy atom. The second-order valence-corrected chi connectivity index (χ2v) is 13.3. The predicted octanol–water partition coefficient (Wildman–Crippen LogP) is 11.8. The largest absolute Gasteiger partial charge is 0.384 e. The molecule has 41 heavy (non-hydrogen) atoms. The Kier molecular flexibility index (Phi) is 14.7. The van der Waals surface area contributed by atoms with E-state index in [0.29, 0.717) is 29.7 Å². The fourth-order valence-electron chi connectivity index (χ4n) is 5.82. The van der Waals surface area contributed by atoms with Crippen LogP contribution in [0.3, 0.4) is 0 Å². The van der Waals surface area contributed by atoms with Crippen LogP contribution in [0.25, 0.3) is 0 Å². The molecule has 0 radical (unpaired) electrons. The van der Waals surface area contributed by atoms with Crippen molar-refractivity contribution in [3.05, 3.63) is 107 Å². The third-order valence-corrected chi connectivity index (χ3v) is 9.12. The van der Waals surface area contributed by atoms with Crippen LogP contribution in [0.1, 0.15) is 117 Å². The van der Waals surface area contributed by atoms with Gasteiger partial charge in [-0.2, -0.15) is 0 Å². The minimum absolute atomic E-state index is 0.552. The van der Waals surface area contributed by atoms with E-state index in [1.807, 2.05) is 0 Å². The maximum absolute atomic E-state index is 4.06. The molecule has 3 aliphatic rings. The normalized spacial score (nSPS) is 22.4. The third kappa shape index (κ3) is 11.3. The van der Waals surface area contributed by atoms with Crippen molar-refractivity contribution < 1.29 is 0 Å².